The second-order valence-electron chi connectivity index (χ2n) is 17.7. The molecule has 1 aromatic carbocycles. The summed E-state index contributed by atoms with van der Waals surface area (Å²) in [6.45, 7) is 12.4. The normalized spacial score (nSPS) is 24.0. The van der Waals surface area contributed by atoms with Crippen LogP contribution in [0.1, 0.15) is 128 Å². The zero-order chi connectivity index (χ0) is 38.8. The van der Waals surface area contributed by atoms with Crippen LogP contribution in [0.15, 0.2) is 18.2 Å². The van der Waals surface area contributed by atoms with E-state index in [1.807, 2.05) is 59.8 Å². The Morgan fingerprint density at radius 2 is 1.65 bits per heavy atom. The van der Waals surface area contributed by atoms with Crippen molar-refractivity contribution in [3.63, 3.8) is 0 Å². The molecule has 3 saturated carbocycles. The van der Waals surface area contributed by atoms with Crippen molar-refractivity contribution in [2.24, 2.45) is 17.3 Å². The minimum Gasteiger partial charge on any atom is -0.493 e. The Bertz CT molecular complexity index is 1610. The van der Waals surface area contributed by atoms with E-state index in [4.69, 9.17) is 9.57 Å². The van der Waals surface area contributed by atoms with E-state index in [1.54, 1.807) is 0 Å². The number of rotatable bonds is 15. The maximum atomic E-state index is 14.7. The van der Waals surface area contributed by atoms with Gasteiger partial charge in [-0.25, -0.2) is 0 Å². The minimum atomic E-state index is -1.07. The number of carbonyl (C=O) groups is 5. The largest absolute Gasteiger partial charge is 0.493 e. The molecule has 296 valence electrons. The molecule has 0 unspecified atom stereocenters. The summed E-state index contributed by atoms with van der Waals surface area (Å²) in [4.78, 5) is 76.4. The van der Waals surface area contributed by atoms with Gasteiger partial charge in [0, 0.05) is 24.4 Å². The van der Waals surface area contributed by atoms with Crippen molar-refractivity contribution in [3.8, 4) is 5.75 Å². The first kappa shape index (κ1) is 39.8. The molecule has 0 radical (unpaired) electrons. The summed E-state index contributed by atoms with van der Waals surface area (Å²) in [5, 5.41) is 8.64. The van der Waals surface area contributed by atoms with Crippen LogP contribution in [-0.4, -0.2) is 77.2 Å². The van der Waals surface area contributed by atoms with E-state index in [0.29, 0.717) is 37.0 Å². The van der Waals surface area contributed by atoms with Gasteiger partial charge >= 0.3 is 0 Å². The number of hydroxylamine groups is 1. The Morgan fingerprint density at radius 3 is 2.26 bits per heavy atom. The van der Waals surface area contributed by atoms with Crippen LogP contribution < -0.4 is 26.2 Å². The van der Waals surface area contributed by atoms with Crippen LogP contribution >= 0.6 is 0 Å². The zero-order valence-electron chi connectivity index (χ0n) is 33.1. The number of aryl methyl sites for hydroxylation is 2. The van der Waals surface area contributed by atoms with E-state index < -0.39 is 52.6 Å². The van der Waals surface area contributed by atoms with Gasteiger partial charge < -0.3 is 25.6 Å². The van der Waals surface area contributed by atoms with Crippen molar-refractivity contribution in [3.05, 3.63) is 34.9 Å². The average molecular weight is 748 g/mol. The lowest BCUT2D eigenvalue weighted by molar-refractivity contribution is -0.145. The highest BCUT2D eigenvalue weighted by Gasteiger charge is 2.54. The van der Waals surface area contributed by atoms with Crippen LogP contribution in [0.2, 0.25) is 0 Å². The van der Waals surface area contributed by atoms with Crippen molar-refractivity contribution in [1.29, 1.82) is 0 Å². The lowest BCUT2D eigenvalue weighted by atomic mass is 9.84. The average Bonchev–Trinajstić information content (AvgIpc) is 4.05. The molecular formula is C42H61N5O7. The fourth-order valence-corrected chi connectivity index (χ4v) is 8.14. The minimum absolute atomic E-state index is 0.00284. The van der Waals surface area contributed by atoms with Gasteiger partial charge in [0.25, 0.3) is 5.91 Å². The highest BCUT2D eigenvalue weighted by atomic mass is 16.7. The van der Waals surface area contributed by atoms with Crippen LogP contribution in [0.5, 0.6) is 5.75 Å². The van der Waals surface area contributed by atoms with Gasteiger partial charge in [0.1, 0.15) is 23.4 Å². The van der Waals surface area contributed by atoms with Crippen molar-refractivity contribution in [2.75, 3.05) is 13.2 Å². The predicted octanol–water partition coefficient (Wildman–Crippen LogP) is 4.94. The molecule has 1 saturated heterocycles. The van der Waals surface area contributed by atoms with E-state index in [2.05, 4.69) is 21.4 Å². The lowest BCUT2D eigenvalue weighted by Gasteiger charge is -2.36. The molecule has 0 aromatic heterocycles. The van der Waals surface area contributed by atoms with Gasteiger partial charge in [-0.1, -0.05) is 53.4 Å². The van der Waals surface area contributed by atoms with Crippen molar-refractivity contribution in [1.82, 2.24) is 26.3 Å². The van der Waals surface area contributed by atoms with Gasteiger partial charge in [-0.05, 0) is 105 Å². The molecule has 4 N–H and O–H groups in total. The number of hydrogen-bond donors (Lipinski definition) is 4. The summed E-state index contributed by atoms with van der Waals surface area (Å²) < 4.78 is 6.17. The molecule has 1 spiro atoms. The number of ether oxygens (including phenoxy) is 1. The summed E-state index contributed by atoms with van der Waals surface area (Å²) in [7, 11) is 0. The number of carbonyl (C=O) groups excluding carboxylic acids is 5. The molecule has 5 aliphatic rings. The van der Waals surface area contributed by atoms with Gasteiger partial charge in [-0.2, -0.15) is 0 Å². The maximum absolute atomic E-state index is 14.7. The highest BCUT2D eigenvalue weighted by Crippen LogP contribution is 2.40. The van der Waals surface area contributed by atoms with Gasteiger partial charge in [0.05, 0.1) is 24.9 Å². The summed E-state index contributed by atoms with van der Waals surface area (Å²) in [6, 6.07) is 1.10. The summed E-state index contributed by atoms with van der Waals surface area (Å²) in [5.74, 6) is -0.690. The molecule has 54 heavy (non-hydrogen) atoms. The smallest absolute Gasteiger partial charge is 0.289 e. The van der Waals surface area contributed by atoms with Crippen LogP contribution in [-0.2, 0) is 28.8 Å². The standard InChI is InChI=1S/C42H61N5O7/c1-7-11-31(35(49)39(51)43-30-16-17-30)44-38(50)33-22-42(21-32(46-54-42)29-18-25(2)36(26(3)19-29)53-23-28-14-15-28)24-47(33)40(52)37(41(4,5)6)45-34(48)20-27-12-9-8-10-13-27/h18-19,21,27-28,30-31,33,37,46H,7-17,20,22-24H2,1-6H3,(H,43,51)(H,44,50)(H,45,48)/t31-,33-,37+,42+/m0/s1. The second kappa shape index (κ2) is 16.4. The number of nitrogens with zero attached hydrogens (tertiary/aromatic N) is 1. The van der Waals surface area contributed by atoms with Crippen LogP contribution in [0, 0.1) is 31.1 Å². The molecule has 6 rings (SSSR count). The Labute approximate surface area is 320 Å². The van der Waals surface area contributed by atoms with E-state index in [-0.39, 0.29) is 31.3 Å². The lowest BCUT2D eigenvalue weighted by Crippen LogP contribution is -2.59. The van der Waals surface area contributed by atoms with Crippen molar-refractivity contribution >= 4 is 35.1 Å². The topological polar surface area (TPSA) is 155 Å². The number of likely N-dealkylation sites (tertiary alicyclic amines) is 1. The Balaban J connectivity index is 1.26. The molecule has 4 fully saturated rings. The molecule has 4 atom stereocenters. The molecule has 0 bridgehead atoms. The van der Waals surface area contributed by atoms with Gasteiger partial charge in [0.15, 0.2) is 0 Å². The third kappa shape index (κ3) is 9.65. The number of ketones is 1. The molecule has 1 aromatic rings. The Kier molecular flexibility index (Phi) is 12.1. The first-order valence-electron chi connectivity index (χ1n) is 20.3. The number of amides is 4. The zero-order valence-corrected chi connectivity index (χ0v) is 33.1. The summed E-state index contributed by atoms with van der Waals surface area (Å²) in [5.41, 5.74) is 4.96. The SMILES string of the molecule is CCC[C@H](NC(=O)[C@@H]1C[C@]2(C=C(c3cc(C)c(OCC4CC4)c(C)c3)NO2)CN1C(=O)[C@@H](NC(=O)CC1CCCCC1)C(C)(C)C)C(=O)C(=O)NC1CC1. The molecule has 2 aliphatic heterocycles. The van der Waals surface area contributed by atoms with Crippen molar-refractivity contribution in [2.45, 2.75) is 155 Å². The van der Waals surface area contributed by atoms with Crippen molar-refractivity contribution < 1.29 is 33.5 Å². The van der Waals surface area contributed by atoms with E-state index in [9.17, 15) is 24.0 Å². The Hall–Kier alpha value is -3.93. The monoisotopic (exact) mass is 747 g/mol. The quantitative estimate of drug-likeness (QED) is 0.184. The number of nitrogens with one attached hydrogen (secondary N) is 4. The van der Waals surface area contributed by atoms with Crippen LogP contribution in [0.25, 0.3) is 5.70 Å². The third-order valence-corrected chi connectivity index (χ3v) is 11.6. The summed E-state index contributed by atoms with van der Waals surface area (Å²) >= 11 is 0. The molecule has 3 aliphatic carbocycles. The third-order valence-electron chi connectivity index (χ3n) is 11.6. The number of Topliss-reactive ketones (excluding diaryl/α,β-unsaturated/α-hetero) is 1. The van der Waals surface area contributed by atoms with E-state index in [0.717, 1.165) is 61.0 Å². The molecular weight excluding hydrogens is 686 g/mol. The first-order valence-corrected chi connectivity index (χ1v) is 20.3. The van der Waals surface area contributed by atoms with E-state index >= 15 is 0 Å². The van der Waals surface area contributed by atoms with Gasteiger partial charge in [0.2, 0.25) is 23.5 Å². The molecule has 2 heterocycles. The fraction of sp³-hybridized carbons (Fsp3) is 0.690. The summed E-state index contributed by atoms with van der Waals surface area (Å²) in [6.07, 6.45) is 12.7. The fourth-order valence-electron chi connectivity index (χ4n) is 8.14. The maximum Gasteiger partial charge on any atom is 0.289 e. The molecule has 4 amide bonds. The van der Waals surface area contributed by atoms with Gasteiger partial charge in [-0.3, -0.25) is 34.3 Å². The molecule has 12 nitrogen and oxygen atoms in total. The second-order valence-corrected chi connectivity index (χ2v) is 17.7. The van der Waals surface area contributed by atoms with E-state index in [1.165, 1.54) is 24.2 Å². The van der Waals surface area contributed by atoms with Crippen LogP contribution in [0.4, 0.5) is 0 Å². The van der Waals surface area contributed by atoms with Crippen LogP contribution in [0.3, 0.4) is 0 Å². The first-order chi connectivity index (χ1) is 25.7. The van der Waals surface area contributed by atoms with Gasteiger partial charge in [-0.15, -0.1) is 0 Å². The predicted molar refractivity (Wildman–Crippen MR) is 205 cm³/mol. The number of hydrogen-bond acceptors (Lipinski definition) is 8. The molecule has 12 heteroatoms. The Morgan fingerprint density at radius 1 is 0.963 bits per heavy atom. The highest BCUT2D eigenvalue weighted by molar-refractivity contribution is 6.38. The number of benzene rings is 1.